The molecule has 1 unspecified atom stereocenters. The lowest BCUT2D eigenvalue weighted by Crippen LogP contribution is -2.09. The molecular weight excluding hydrogens is 849 g/mol. The van der Waals surface area contributed by atoms with E-state index in [1.165, 1.54) is 66.4 Å². The van der Waals surface area contributed by atoms with Gasteiger partial charge in [-0.3, -0.25) is 0 Å². The van der Waals surface area contributed by atoms with Crippen molar-refractivity contribution in [3.8, 4) is 67.1 Å². The first-order valence-corrected chi connectivity index (χ1v) is 24.6. The van der Waals surface area contributed by atoms with E-state index in [2.05, 4.69) is 280 Å². The quantitative estimate of drug-likeness (QED) is 0.115. The minimum Gasteiger partial charge on any atom is -0.491 e. The number of ether oxygens (including phenoxy) is 1. The Hall–Kier alpha value is -8.40. The topological polar surface area (TPSA) is 17.4 Å². The highest BCUT2D eigenvalue weighted by Gasteiger charge is 2.18. The molecule has 0 aliphatic carbocycles. The van der Waals surface area contributed by atoms with E-state index in [1.54, 1.807) is 0 Å². The third kappa shape index (κ3) is 8.91. The molecule has 0 N–H and O–H groups in total. The summed E-state index contributed by atoms with van der Waals surface area (Å²) in [6, 6.07) is 88.4. The second kappa shape index (κ2) is 19.3. The predicted octanol–water partition coefficient (Wildman–Crippen LogP) is 18.9. The summed E-state index contributed by atoms with van der Waals surface area (Å²) in [4.78, 5) is 2.35. The van der Waals surface area contributed by atoms with Crippen LogP contribution in [0.2, 0.25) is 0 Å². The second-order valence-electron chi connectivity index (χ2n) is 18.7. The molecule has 0 radical (unpaired) electrons. The molecule has 3 nitrogen and oxygen atoms in total. The molecule has 340 valence electrons. The first-order valence-electron chi connectivity index (χ1n) is 24.6. The Labute approximate surface area is 412 Å². The molecule has 0 bridgehead atoms. The van der Waals surface area contributed by atoms with Crippen molar-refractivity contribution < 1.29 is 4.74 Å². The highest BCUT2D eigenvalue weighted by atomic mass is 16.5. The lowest BCUT2D eigenvalue weighted by Gasteiger charge is -2.26. The van der Waals surface area contributed by atoms with Crippen LogP contribution in [0.1, 0.15) is 45.6 Å². The number of aromatic nitrogens is 1. The van der Waals surface area contributed by atoms with Gasteiger partial charge in [0.15, 0.2) is 0 Å². The minimum atomic E-state index is 0.107. The second-order valence-corrected chi connectivity index (χ2v) is 18.7. The third-order valence-electron chi connectivity index (χ3n) is 13.8. The third-order valence-corrected chi connectivity index (χ3v) is 13.8. The molecule has 0 spiro atoms. The van der Waals surface area contributed by atoms with Crippen LogP contribution in [0.15, 0.2) is 243 Å². The largest absolute Gasteiger partial charge is 0.491 e. The molecule has 3 heteroatoms. The van der Waals surface area contributed by atoms with Crippen LogP contribution in [0.25, 0.3) is 83.1 Å². The van der Waals surface area contributed by atoms with Crippen LogP contribution in [0.5, 0.6) is 5.75 Å². The maximum absolute atomic E-state index is 6.05. The zero-order chi connectivity index (χ0) is 47.6. The van der Waals surface area contributed by atoms with Crippen LogP contribution >= 0.6 is 0 Å². The van der Waals surface area contributed by atoms with Crippen LogP contribution in [0.4, 0.5) is 17.1 Å². The fraction of sp³-hybridized carbons (Fsp3) is 0.104. The number of fused-ring (bicyclic) bond motifs is 3. The van der Waals surface area contributed by atoms with E-state index in [0.29, 0.717) is 5.92 Å². The van der Waals surface area contributed by atoms with Gasteiger partial charge >= 0.3 is 0 Å². The van der Waals surface area contributed by atoms with Gasteiger partial charge in [-0.05, 0) is 172 Å². The fourth-order valence-electron chi connectivity index (χ4n) is 9.82. The fourth-order valence-corrected chi connectivity index (χ4v) is 9.82. The summed E-state index contributed by atoms with van der Waals surface area (Å²) >= 11 is 0. The monoisotopic (exact) mass is 904 g/mol. The normalized spacial score (nSPS) is 11.8. The molecule has 0 aliphatic rings. The van der Waals surface area contributed by atoms with Gasteiger partial charge < -0.3 is 14.2 Å². The predicted molar refractivity (Wildman–Crippen MR) is 297 cm³/mol. The molecule has 0 saturated heterocycles. The Morgan fingerprint density at radius 3 is 1.10 bits per heavy atom. The molecule has 0 amide bonds. The smallest absolute Gasteiger partial charge is 0.119 e. The molecule has 0 saturated carbocycles. The molecular formula is C67H56N2O. The van der Waals surface area contributed by atoms with Gasteiger partial charge in [-0.1, -0.05) is 172 Å². The Morgan fingerprint density at radius 2 is 0.714 bits per heavy atom. The maximum Gasteiger partial charge on any atom is 0.119 e. The van der Waals surface area contributed by atoms with E-state index in [1.807, 2.05) is 0 Å². The van der Waals surface area contributed by atoms with E-state index in [0.717, 1.165) is 51.5 Å². The number of rotatable bonds is 13. The van der Waals surface area contributed by atoms with Gasteiger partial charge in [0.1, 0.15) is 5.75 Å². The van der Waals surface area contributed by atoms with Crippen molar-refractivity contribution in [2.75, 3.05) is 4.90 Å². The van der Waals surface area contributed by atoms with Gasteiger partial charge in [0.05, 0.1) is 17.1 Å². The Bertz CT molecular complexity index is 3440. The van der Waals surface area contributed by atoms with Crippen LogP contribution in [-0.2, 0) is 0 Å². The SMILES string of the molecule is CCC(C)c1ccc(-c2ccc(-c3ccc4c(c3)c3cc(-c5ccc(N(c6ccc(-c7ccccc7)cc6)c6ccc(-c7ccccc7)cc6)cc5)ccc3n4-c3ccc(OC(C)C)cc3)cc2)cc1. The molecule has 1 aromatic heterocycles. The van der Waals surface area contributed by atoms with Gasteiger partial charge in [-0.2, -0.15) is 0 Å². The summed E-state index contributed by atoms with van der Waals surface area (Å²) in [5.41, 5.74) is 20.0. The summed E-state index contributed by atoms with van der Waals surface area (Å²) in [5.74, 6) is 1.43. The molecule has 10 aromatic carbocycles. The number of nitrogens with zero attached hydrogens (tertiary/aromatic N) is 2. The summed E-state index contributed by atoms with van der Waals surface area (Å²) < 4.78 is 8.44. The zero-order valence-corrected chi connectivity index (χ0v) is 40.3. The Morgan fingerprint density at radius 1 is 0.371 bits per heavy atom. The number of benzene rings is 10. The van der Waals surface area contributed by atoms with Crippen LogP contribution in [0.3, 0.4) is 0 Å². The van der Waals surface area contributed by atoms with E-state index in [4.69, 9.17) is 4.74 Å². The van der Waals surface area contributed by atoms with E-state index >= 15 is 0 Å². The number of anilines is 3. The standard InChI is InChI=1S/C67H56N2O/c1-5-47(4)48-16-18-51(19-17-48)52-20-22-55(23-21-52)57-30-42-66-64(44-57)65-45-58(31-43-67(65)69(66)62-38-40-63(41-39-62)70-46(2)3)56-28-36-61(37-29-56)68(59-32-24-53(25-33-59)49-12-8-6-9-13-49)60-34-26-54(27-35-60)50-14-10-7-11-15-50/h6-47H,5H2,1-4H3. The van der Waals surface area contributed by atoms with Crippen LogP contribution in [0, 0.1) is 0 Å². The van der Waals surface area contributed by atoms with Gasteiger partial charge in [0.25, 0.3) is 0 Å². The highest BCUT2D eigenvalue weighted by molar-refractivity contribution is 6.11. The lowest BCUT2D eigenvalue weighted by molar-refractivity contribution is 0.242. The van der Waals surface area contributed by atoms with Crippen molar-refractivity contribution in [3.63, 3.8) is 0 Å². The number of hydrogen-bond acceptors (Lipinski definition) is 2. The lowest BCUT2D eigenvalue weighted by atomic mass is 9.95. The van der Waals surface area contributed by atoms with E-state index in [9.17, 15) is 0 Å². The Balaban J connectivity index is 0.965. The van der Waals surface area contributed by atoms with Gasteiger partial charge in [-0.15, -0.1) is 0 Å². The number of hydrogen-bond donors (Lipinski definition) is 0. The van der Waals surface area contributed by atoms with Gasteiger partial charge in [-0.25, -0.2) is 0 Å². The van der Waals surface area contributed by atoms with Crippen molar-refractivity contribution in [2.24, 2.45) is 0 Å². The van der Waals surface area contributed by atoms with Gasteiger partial charge in [0.2, 0.25) is 0 Å². The maximum atomic E-state index is 6.05. The summed E-state index contributed by atoms with van der Waals surface area (Å²) in [5, 5.41) is 2.42. The van der Waals surface area contributed by atoms with Crippen LogP contribution in [-0.4, -0.2) is 10.7 Å². The van der Waals surface area contributed by atoms with Crippen molar-refractivity contribution in [3.05, 3.63) is 248 Å². The molecule has 11 aromatic rings. The molecule has 70 heavy (non-hydrogen) atoms. The summed E-state index contributed by atoms with van der Waals surface area (Å²) in [6.07, 6.45) is 1.25. The van der Waals surface area contributed by atoms with E-state index < -0.39 is 0 Å². The highest BCUT2D eigenvalue weighted by Crippen LogP contribution is 2.41. The zero-order valence-electron chi connectivity index (χ0n) is 40.3. The van der Waals surface area contributed by atoms with Crippen molar-refractivity contribution in [2.45, 2.75) is 46.1 Å². The first kappa shape index (κ1) is 44.1. The van der Waals surface area contributed by atoms with Crippen molar-refractivity contribution in [1.82, 2.24) is 4.57 Å². The average molecular weight is 905 g/mol. The molecule has 1 heterocycles. The van der Waals surface area contributed by atoms with Crippen molar-refractivity contribution in [1.29, 1.82) is 0 Å². The minimum absolute atomic E-state index is 0.107. The average Bonchev–Trinajstić information content (AvgIpc) is 3.75. The Kier molecular flexibility index (Phi) is 12.2. The molecule has 1 atom stereocenters. The van der Waals surface area contributed by atoms with Crippen LogP contribution < -0.4 is 9.64 Å². The first-order chi connectivity index (χ1) is 34.4. The summed E-state index contributed by atoms with van der Waals surface area (Å²) in [6.45, 7) is 8.67. The van der Waals surface area contributed by atoms with E-state index in [-0.39, 0.29) is 6.10 Å². The molecule has 11 rings (SSSR count). The summed E-state index contributed by atoms with van der Waals surface area (Å²) in [7, 11) is 0. The molecule has 0 fully saturated rings. The van der Waals surface area contributed by atoms with Gasteiger partial charge in [0, 0.05) is 33.5 Å². The van der Waals surface area contributed by atoms with Crippen molar-refractivity contribution >= 4 is 38.9 Å². The molecule has 0 aliphatic heterocycles.